The molecule has 1 heterocycles. The second-order valence-electron chi connectivity index (χ2n) is 5.02. The Bertz CT molecular complexity index is 459. The topological polar surface area (TPSA) is 39.7 Å². The summed E-state index contributed by atoms with van der Waals surface area (Å²) in [5.41, 5.74) is 0.971. The van der Waals surface area contributed by atoms with Crippen molar-refractivity contribution in [3.63, 3.8) is 0 Å². The van der Waals surface area contributed by atoms with E-state index in [4.69, 9.17) is 25.8 Å². The Labute approximate surface area is 125 Å². The first-order chi connectivity index (χ1) is 9.71. The molecule has 1 saturated heterocycles. The fourth-order valence-electron chi connectivity index (χ4n) is 2.74. The minimum atomic E-state index is 0.562. The average Bonchev–Trinajstić information content (AvgIpc) is 2.50. The number of ether oxygens (including phenoxy) is 3. The molecule has 5 heteroatoms. The van der Waals surface area contributed by atoms with Gasteiger partial charge in [0.15, 0.2) is 11.5 Å². The summed E-state index contributed by atoms with van der Waals surface area (Å²) < 4.78 is 16.2. The summed E-state index contributed by atoms with van der Waals surface area (Å²) >= 11 is 6.46. The van der Waals surface area contributed by atoms with Gasteiger partial charge in [-0.25, -0.2) is 0 Å². The highest BCUT2D eigenvalue weighted by atomic mass is 35.5. The van der Waals surface area contributed by atoms with Crippen molar-refractivity contribution < 1.29 is 14.2 Å². The van der Waals surface area contributed by atoms with Gasteiger partial charge in [-0.1, -0.05) is 11.6 Å². The summed E-state index contributed by atoms with van der Waals surface area (Å²) in [6.07, 6.45) is 3.26. The van der Waals surface area contributed by atoms with Gasteiger partial charge in [0.1, 0.15) is 5.75 Å². The highest BCUT2D eigenvalue weighted by Crippen LogP contribution is 2.43. The van der Waals surface area contributed by atoms with Crippen LogP contribution in [0.2, 0.25) is 5.02 Å². The SMILES string of the molecule is COc1cc(OC)c(OC)c(CC2CCCNC2)c1Cl. The van der Waals surface area contributed by atoms with Crippen LogP contribution < -0.4 is 19.5 Å². The third kappa shape index (κ3) is 3.13. The van der Waals surface area contributed by atoms with Gasteiger partial charge in [0.2, 0.25) is 0 Å². The standard InChI is InChI=1S/C15H22ClNO3/c1-18-12-8-13(19-2)15(20-3)11(14(12)16)7-10-5-4-6-17-9-10/h8,10,17H,4-7,9H2,1-3H3. The van der Waals surface area contributed by atoms with E-state index in [0.29, 0.717) is 28.2 Å². The zero-order chi connectivity index (χ0) is 14.5. The molecule has 1 aliphatic heterocycles. The predicted octanol–water partition coefficient (Wildman–Crippen LogP) is 2.91. The summed E-state index contributed by atoms with van der Waals surface area (Å²) in [5.74, 6) is 2.56. The first-order valence-electron chi connectivity index (χ1n) is 6.89. The second-order valence-corrected chi connectivity index (χ2v) is 5.40. The Hall–Kier alpha value is -1.13. The summed E-state index contributed by atoms with van der Waals surface area (Å²) in [6, 6.07) is 1.77. The molecule has 1 fully saturated rings. The maximum Gasteiger partial charge on any atom is 0.165 e. The molecule has 1 atom stereocenters. The zero-order valence-corrected chi connectivity index (χ0v) is 13.0. The van der Waals surface area contributed by atoms with Crippen LogP contribution in [0.15, 0.2) is 6.07 Å². The zero-order valence-electron chi connectivity index (χ0n) is 12.3. The lowest BCUT2D eigenvalue weighted by Crippen LogP contribution is -2.31. The lowest BCUT2D eigenvalue weighted by molar-refractivity contribution is 0.335. The van der Waals surface area contributed by atoms with Crippen LogP contribution in [0.1, 0.15) is 18.4 Å². The fraction of sp³-hybridized carbons (Fsp3) is 0.600. The van der Waals surface area contributed by atoms with Gasteiger partial charge in [-0.2, -0.15) is 0 Å². The molecule has 0 spiro atoms. The minimum Gasteiger partial charge on any atom is -0.495 e. The van der Waals surface area contributed by atoms with E-state index >= 15 is 0 Å². The largest absolute Gasteiger partial charge is 0.495 e. The normalized spacial score (nSPS) is 18.7. The molecule has 2 rings (SSSR count). The first-order valence-corrected chi connectivity index (χ1v) is 7.27. The average molecular weight is 300 g/mol. The Morgan fingerprint density at radius 3 is 2.50 bits per heavy atom. The molecule has 0 bridgehead atoms. The van der Waals surface area contributed by atoms with E-state index < -0.39 is 0 Å². The monoisotopic (exact) mass is 299 g/mol. The van der Waals surface area contributed by atoms with Crippen LogP contribution in [0.4, 0.5) is 0 Å². The van der Waals surface area contributed by atoms with E-state index in [1.54, 1.807) is 27.4 Å². The van der Waals surface area contributed by atoms with Crippen molar-refractivity contribution in [2.24, 2.45) is 5.92 Å². The molecular formula is C15H22ClNO3. The van der Waals surface area contributed by atoms with E-state index in [-0.39, 0.29) is 0 Å². The third-order valence-electron chi connectivity index (χ3n) is 3.78. The number of hydrogen-bond acceptors (Lipinski definition) is 4. The van der Waals surface area contributed by atoms with E-state index in [2.05, 4.69) is 5.32 Å². The van der Waals surface area contributed by atoms with Gasteiger partial charge in [-0.15, -0.1) is 0 Å². The molecular weight excluding hydrogens is 278 g/mol. The molecule has 0 aromatic heterocycles. The molecule has 0 aliphatic carbocycles. The van der Waals surface area contributed by atoms with E-state index in [1.165, 1.54) is 12.8 Å². The Kier molecular flexibility index (Phi) is 5.38. The molecule has 4 nitrogen and oxygen atoms in total. The van der Waals surface area contributed by atoms with Crippen molar-refractivity contribution in [2.75, 3.05) is 34.4 Å². The van der Waals surface area contributed by atoms with Crippen molar-refractivity contribution in [1.82, 2.24) is 5.32 Å². The van der Waals surface area contributed by atoms with Crippen LogP contribution in [0.5, 0.6) is 17.2 Å². The van der Waals surface area contributed by atoms with Gasteiger partial charge in [0.25, 0.3) is 0 Å². The quantitative estimate of drug-likeness (QED) is 0.907. The van der Waals surface area contributed by atoms with Crippen LogP contribution in [0.3, 0.4) is 0 Å². The Balaban J connectivity index is 2.36. The number of nitrogens with one attached hydrogen (secondary N) is 1. The Morgan fingerprint density at radius 1 is 1.20 bits per heavy atom. The summed E-state index contributed by atoms with van der Waals surface area (Å²) in [5, 5.41) is 4.04. The molecule has 1 aliphatic rings. The molecule has 0 amide bonds. The molecule has 0 radical (unpaired) electrons. The van der Waals surface area contributed by atoms with Crippen molar-refractivity contribution in [2.45, 2.75) is 19.3 Å². The Morgan fingerprint density at radius 2 is 1.95 bits per heavy atom. The van der Waals surface area contributed by atoms with Gasteiger partial charge >= 0.3 is 0 Å². The highest BCUT2D eigenvalue weighted by Gasteiger charge is 2.23. The van der Waals surface area contributed by atoms with Gasteiger partial charge in [-0.3, -0.25) is 0 Å². The third-order valence-corrected chi connectivity index (χ3v) is 4.19. The highest BCUT2D eigenvalue weighted by molar-refractivity contribution is 6.33. The molecule has 1 unspecified atom stereocenters. The number of methoxy groups -OCH3 is 3. The molecule has 112 valence electrons. The molecule has 1 aromatic carbocycles. The van der Waals surface area contributed by atoms with Crippen LogP contribution in [0.25, 0.3) is 0 Å². The molecule has 1 N–H and O–H groups in total. The van der Waals surface area contributed by atoms with Gasteiger partial charge < -0.3 is 19.5 Å². The van der Waals surface area contributed by atoms with Gasteiger partial charge in [-0.05, 0) is 38.3 Å². The van der Waals surface area contributed by atoms with Gasteiger partial charge in [0, 0.05) is 11.6 Å². The summed E-state index contributed by atoms with van der Waals surface area (Å²) in [6.45, 7) is 2.11. The van der Waals surface area contributed by atoms with E-state index in [9.17, 15) is 0 Å². The minimum absolute atomic E-state index is 0.562. The number of rotatable bonds is 5. The molecule has 1 aromatic rings. The molecule has 0 saturated carbocycles. The maximum absolute atomic E-state index is 6.46. The van der Waals surface area contributed by atoms with Crippen LogP contribution >= 0.6 is 11.6 Å². The lowest BCUT2D eigenvalue weighted by Gasteiger charge is -2.25. The second kappa shape index (κ2) is 7.04. The van der Waals surface area contributed by atoms with Crippen molar-refractivity contribution in [1.29, 1.82) is 0 Å². The van der Waals surface area contributed by atoms with Crippen LogP contribution in [-0.2, 0) is 6.42 Å². The summed E-state index contributed by atoms with van der Waals surface area (Å²) in [7, 11) is 4.87. The van der Waals surface area contributed by atoms with Crippen molar-refractivity contribution in [3.8, 4) is 17.2 Å². The van der Waals surface area contributed by atoms with Crippen LogP contribution in [0, 0.1) is 5.92 Å². The van der Waals surface area contributed by atoms with Crippen LogP contribution in [-0.4, -0.2) is 34.4 Å². The predicted molar refractivity (Wildman–Crippen MR) is 80.4 cm³/mol. The van der Waals surface area contributed by atoms with Crippen molar-refractivity contribution in [3.05, 3.63) is 16.7 Å². The fourth-order valence-corrected chi connectivity index (χ4v) is 3.03. The number of benzene rings is 1. The maximum atomic E-state index is 6.46. The first kappa shape index (κ1) is 15.3. The van der Waals surface area contributed by atoms with E-state index in [0.717, 1.165) is 25.1 Å². The van der Waals surface area contributed by atoms with E-state index in [1.807, 2.05) is 0 Å². The smallest absolute Gasteiger partial charge is 0.165 e. The van der Waals surface area contributed by atoms with Gasteiger partial charge in [0.05, 0.1) is 26.4 Å². The number of hydrogen-bond donors (Lipinski definition) is 1. The summed E-state index contributed by atoms with van der Waals surface area (Å²) in [4.78, 5) is 0. The number of halogens is 1. The lowest BCUT2D eigenvalue weighted by atomic mass is 9.91. The van der Waals surface area contributed by atoms with Crippen molar-refractivity contribution >= 4 is 11.6 Å². The molecule has 20 heavy (non-hydrogen) atoms. The number of piperidine rings is 1.